The fourth-order valence-electron chi connectivity index (χ4n) is 3.08. The summed E-state index contributed by atoms with van der Waals surface area (Å²) in [7, 11) is 1.56. The number of carbonyl (C=O) groups excluding carboxylic acids is 2. The van der Waals surface area contributed by atoms with Crippen molar-refractivity contribution in [3.05, 3.63) is 23.2 Å². The third kappa shape index (κ3) is 5.63. The highest BCUT2D eigenvalue weighted by molar-refractivity contribution is 6.31. The van der Waals surface area contributed by atoms with Crippen LogP contribution in [0.4, 0.5) is 5.69 Å². The van der Waals surface area contributed by atoms with Gasteiger partial charge in [-0.1, -0.05) is 25.4 Å². The van der Waals surface area contributed by atoms with Crippen molar-refractivity contribution in [1.82, 2.24) is 5.32 Å². The molecule has 1 aliphatic carbocycles. The first-order valence-electron chi connectivity index (χ1n) is 8.82. The molecule has 138 valence electrons. The average Bonchev–Trinajstić information content (AvgIpc) is 2.60. The molecule has 0 heterocycles. The Balaban J connectivity index is 1.87. The molecule has 0 unspecified atom stereocenters. The van der Waals surface area contributed by atoms with Crippen LogP contribution in [-0.4, -0.2) is 25.5 Å². The standard InChI is InChI=1S/C19H27ClN2O3/c1-12(2)11-21-18(23)13-4-6-14(7-5-13)19(24)22-16-10-15(20)8-9-17(16)25-3/h8-10,12-14H,4-7,11H2,1-3H3,(H,21,23)(H,22,24). The summed E-state index contributed by atoms with van der Waals surface area (Å²) in [5, 5.41) is 6.44. The molecule has 2 rings (SSSR count). The average molecular weight is 367 g/mol. The highest BCUT2D eigenvalue weighted by atomic mass is 35.5. The van der Waals surface area contributed by atoms with Crippen LogP contribution in [0.15, 0.2) is 18.2 Å². The Kier molecular flexibility index (Phi) is 7.12. The maximum atomic E-state index is 12.5. The van der Waals surface area contributed by atoms with Gasteiger partial charge >= 0.3 is 0 Å². The van der Waals surface area contributed by atoms with E-state index in [1.807, 2.05) is 0 Å². The molecule has 1 aliphatic rings. The van der Waals surface area contributed by atoms with Crippen molar-refractivity contribution in [2.24, 2.45) is 17.8 Å². The maximum absolute atomic E-state index is 12.5. The zero-order valence-electron chi connectivity index (χ0n) is 15.1. The van der Waals surface area contributed by atoms with E-state index in [2.05, 4.69) is 24.5 Å². The Morgan fingerprint density at radius 1 is 1.16 bits per heavy atom. The van der Waals surface area contributed by atoms with E-state index in [0.717, 1.165) is 12.8 Å². The minimum Gasteiger partial charge on any atom is -0.495 e. The SMILES string of the molecule is COc1ccc(Cl)cc1NC(=O)C1CCC(C(=O)NCC(C)C)CC1. The second-order valence-corrected chi connectivity index (χ2v) is 7.46. The van der Waals surface area contributed by atoms with Gasteiger partial charge in [0.1, 0.15) is 5.75 Å². The van der Waals surface area contributed by atoms with Gasteiger partial charge in [-0.15, -0.1) is 0 Å². The van der Waals surface area contributed by atoms with Crippen LogP contribution in [-0.2, 0) is 9.59 Å². The highest BCUT2D eigenvalue weighted by Gasteiger charge is 2.30. The number of amides is 2. The van der Waals surface area contributed by atoms with E-state index < -0.39 is 0 Å². The van der Waals surface area contributed by atoms with Gasteiger partial charge in [-0.3, -0.25) is 9.59 Å². The molecule has 5 nitrogen and oxygen atoms in total. The second kappa shape index (κ2) is 9.09. The fraction of sp³-hybridized carbons (Fsp3) is 0.579. The van der Waals surface area contributed by atoms with E-state index in [0.29, 0.717) is 41.8 Å². The predicted molar refractivity (Wildman–Crippen MR) is 99.9 cm³/mol. The quantitative estimate of drug-likeness (QED) is 0.803. The molecular formula is C19H27ClN2O3. The normalized spacial score (nSPS) is 20.2. The van der Waals surface area contributed by atoms with Gasteiger partial charge < -0.3 is 15.4 Å². The first kappa shape index (κ1) is 19.6. The number of methoxy groups -OCH3 is 1. The van der Waals surface area contributed by atoms with Gasteiger partial charge in [0.25, 0.3) is 0 Å². The number of benzene rings is 1. The lowest BCUT2D eigenvalue weighted by Crippen LogP contribution is -2.37. The van der Waals surface area contributed by atoms with Crippen LogP contribution >= 0.6 is 11.6 Å². The molecule has 1 aromatic carbocycles. The Morgan fingerprint density at radius 2 is 1.76 bits per heavy atom. The fourth-order valence-corrected chi connectivity index (χ4v) is 3.25. The highest BCUT2D eigenvalue weighted by Crippen LogP contribution is 2.32. The van der Waals surface area contributed by atoms with Gasteiger partial charge in [0.15, 0.2) is 0 Å². The summed E-state index contributed by atoms with van der Waals surface area (Å²) in [4.78, 5) is 24.7. The molecule has 0 saturated heterocycles. The summed E-state index contributed by atoms with van der Waals surface area (Å²) in [5.74, 6) is 1.03. The molecule has 25 heavy (non-hydrogen) atoms. The molecule has 2 N–H and O–H groups in total. The molecule has 1 fully saturated rings. The van der Waals surface area contributed by atoms with Crippen LogP contribution in [0.5, 0.6) is 5.75 Å². The van der Waals surface area contributed by atoms with E-state index in [-0.39, 0.29) is 23.7 Å². The number of halogens is 1. The monoisotopic (exact) mass is 366 g/mol. The van der Waals surface area contributed by atoms with Crippen LogP contribution < -0.4 is 15.4 Å². The van der Waals surface area contributed by atoms with E-state index in [1.165, 1.54) is 0 Å². The third-order valence-corrected chi connectivity index (χ3v) is 4.81. The van der Waals surface area contributed by atoms with Crippen molar-refractivity contribution >= 4 is 29.1 Å². The zero-order valence-corrected chi connectivity index (χ0v) is 15.9. The number of carbonyl (C=O) groups is 2. The largest absolute Gasteiger partial charge is 0.495 e. The molecule has 1 saturated carbocycles. The van der Waals surface area contributed by atoms with E-state index >= 15 is 0 Å². The molecule has 6 heteroatoms. The van der Waals surface area contributed by atoms with E-state index in [4.69, 9.17) is 16.3 Å². The summed E-state index contributed by atoms with van der Waals surface area (Å²) in [6.07, 6.45) is 2.92. The number of rotatable bonds is 6. The molecule has 0 radical (unpaired) electrons. The molecule has 1 aromatic rings. The zero-order chi connectivity index (χ0) is 18.4. The number of anilines is 1. The molecule has 0 bridgehead atoms. The van der Waals surface area contributed by atoms with Crippen molar-refractivity contribution in [3.8, 4) is 5.75 Å². The van der Waals surface area contributed by atoms with Gasteiger partial charge in [-0.2, -0.15) is 0 Å². The third-order valence-electron chi connectivity index (χ3n) is 4.57. The lowest BCUT2D eigenvalue weighted by Gasteiger charge is -2.27. The van der Waals surface area contributed by atoms with Gasteiger partial charge in [0.05, 0.1) is 12.8 Å². The van der Waals surface area contributed by atoms with Crippen LogP contribution in [0.2, 0.25) is 5.02 Å². The first-order valence-corrected chi connectivity index (χ1v) is 9.20. The van der Waals surface area contributed by atoms with Crippen LogP contribution in [0, 0.1) is 17.8 Å². The molecular weight excluding hydrogens is 340 g/mol. The van der Waals surface area contributed by atoms with Crippen LogP contribution in [0.3, 0.4) is 0 Å². The Bertz CT molecular complexity index is 611. The summed E-state index contributed by atoms with van der Waals surface area (Å²) in [5.41, 5.74) is 0.580. The Hall–Kier alpha value is -1.75. The summed E-state index contributed by atoms with van der Waals surface area (Å²) in [6.45, 7) is 4.85. The number of hydrogen-bond donors (Lipinski definition) is 2. The second-order valence-electron chi connectivity index (χ2n) is 7.02. The first-order chi connectivity index (χ1) is 11.9. The Labute approximate surface area is 154 Å². The number of ether oxygens (including phenoxy) is 1. The molecule has 2 amide bonds. The van der Waals surface area contributed by atoms with Gasteiger partial charge in [0, 0.05) is 23.4 Å². The van der Waals surface area contributed by atoms with E-state index in [9.17, 15) is 9.59 Å². The summed E-state index contributed by atoms with van der Waals surface area (Å²) >= 11 is 6.00. The lowest BCUT2D eigenvalue weighted by atomic mass is 9.81. The predicted octanol–water partition coefficient (Wildman–Crippen LogP) is 3.87. The van der Waals surface area contributed by atoms with Crippen molar-refractivity contribution in [3.63, 3.8) is 0 Å². The topological polar surface area (TPSA) is 67.4 Å². The van der Waals surface area contributed by atoms with Crippen molar-refractivity contribution in [2.45, 2.75) is 39.5 Å². The van der Waals surface area contributed by atoms with E-state index in [1.54, 1.807) is 25.3 Å². The molecule has 0 aliphatic heterocycles. The number of nitrogens with one attached hydrogen (secondary N) is 2. The van der Waals surface area contributed by atoms with Crippen molar-refractivity contribution in [2.75, 3.05) is 19.0 Å². The van der Waals surface area contributed by atoms with Crippen molar-refractivity contribution < 1.29 is 14.3 Å². The molecule has 0 spiro atoms. The molecule has 0 atom stereocenters. The summed E-state index contributed by atoms with van der Waals surface area (Å²) in [6, 6.07) is 5.13. The Morgan fingerprint density at radius 3 is 2.32 bits per heavy atom. The number of hydrogen-bond acceptors (Lipinski definition) is 3. The smallest absolute Gasteiger partial charge is 0.227 e. The van der Waals surface area contributed by atoms with Gasteiger partial charge in [-0.05, 0) is 49.8 Å². The summed E-state index contributed by atoms with van der Waals surface area (Å²) < 4.78 is 5.26. The van der Waals surface area contributed by atoms with Crippen LogP contribution in [0.1, 0.15) is 39.5 Å². The van der Waals surface area contributed by atoms with Crippen LogP contribution in [0.25, 0.3) is 0 Å². The van der Waals surface area contributed by atoms with Gasteiger partial charge in [-0.25, -0.2) is 0 Å². The minimum atomic E-state index is -0.0853. The maximum Gasteiger partial charge on any atom is 0.227 e. The molecule has 0 aromatic heterocycles. The van der Waals surface area contributed by atoms with Gasteiger partial charge in [0.2, 0.25) is 11.8 Å². The van der Waals surface area contributed by atoms with Crippen molar-refractivity contribution in [1.29, 1.82) is 0 Å². The lowest BCUT2D eigenvalue weighted by molar-refractivity contribution is -0.128. The minimum absolute atomic E-state index is 0.0171.